The van der Waals surface area contributed by atoms with Crippen LogP contribution < -0.4 is 0 Å². The molecule has 0 radical (unpaired) electrons. The maximum Gasteiger partial charge on any atom is 0.135 e. The average molecular weight is 693 g/mol. The van der Waals surface area contributed by atoms with Gasteiger partial charge in [-0.05, 0) is 88.0 Å². The van der Waals surface area contributed by atoms with E-state index in [-0.39, 0.29) is 0 Å². The normalized spacial score (nSPS) is 11.8. The van der Waals surface area contributed by atoms with Crippen molar-refractivity contribution in [3.8, 4) is 45.1 Å². The van der Waals surface area contributed by atoms with Crippen molar-refractivity contribution >= 4 is 75.3 Å². The van der Waals surface area contributed by atoms with E-state index in [1.807, 2.05) is 18.2 Å². The van der Waals surface area contributed by atoms with Gasteiger partial charge in [0.15, 0.2) is 0 Å². The molecule has 53 heavy (non-hydrogen) atoms. The van der Waals surface area contributed by atoms with Crippen LogP contribution in [0.3, 0.4) is 0 Å². The van der Waals surface area contributed by atoms with Crippen LogP contribution in [0.25, 0.3) is 103 Å². The molecular formula is C49H28N2OS. The molecule has 0 aliphatic carbocycles. The Bertz CT molecular complexity index is 3190. The highest BCUT2D eigenvalue weighted by Gasteiger charge is 2.21. The Morgan fingerprint density at radius 3 is 1.75 bits per heavy atom. The highest BCUT2D eigenvalue weighted by atomic mass is 32.1. The molecule has 0 spiro atoms. The van der Waals surface area contributed by atoms with Gasteiger partial charge in [-0.1, -0.05) is 115 Å². The van der Waals surface area contributed by atoms with Crippen molar-refractivity contribution in [2.24, 2.45) is 0 Å². The van der Waals surface area contributed by atoms with Crippen molar-refractivity contribution in [3.63, 3.8) is 0 Å². The van der Waals surface area contributed by atoms with Crippen LogP contribution in [0.15, 0.2) is 174 Å². The Labute approximate surface area is 308 Å². The summed E-state index contributed by atoms with van der Waals surface area (Å²) < 4.78 is 10.7. The van der Waals surface area contributed by atoms with E-state index in [0.29, 0.717) is 5.56 Å². The summed E-state index contributed by atoms with van der Waals surface area (Å²) in [6, 6.07) is 62.7. The smallest absolute Gasteiger partial charge is 0.135 e. The lowest BCUT2D eigenvalue weighted by molar-refractivity contribution is 0.669. The Morgan fingerprint density at radius 1 is 0.453 bits per heavy atom. The Morgan fingerprint density at radius 2 is 1.06 bits per heavy atom. The third kappa shape index (κ3) is 4.52. The van der Waals surface area contributed by atoms with Gasteiger partial charge in [-0.25, -0.2) is 0 Å². The van der Waals surface area contributed by atoms with Crippen molar-refractivity contribution in [3.05, 3.63) is 175 Å². The summed E-state index contributed by atoms with van der Waals surface area (Å²) in [4.78, 5) is 0. The number of hydrogen-bond donors (Lipinski definition) is 0. The first-order chi connectivity index (χ1) is 26.2. The molecule has 3 nitrogen and oxygen atoms in total. The largest absolute Gasteiger partial charge is 0.456 e. The highest BCUT2D eigenvalue weighted by molar-refractivity contribution is 7.26. The molecule has 0 saturated heterocycles. The third-order valence-electron chi connectivity index (χ3n) is 10.7. The highest BCUT2D eigenvalue weighted by Crippen LogP contribution is 2.46. The first kappa shape index (κ1) is 29.8. The summed E-state index contributed by atoms with van der Waals surface area (Å²) in [6.07, 6.45) is 0. The summed E-state index contributed by atoms with van der Waals surface area (Å²) in [7, 11) is 0. The number of nitrogens with zero attached hydrogens (tertiary/aromatic N) is 2. The van der Waals surface area contributed by atoms with Crippen LogP contribution in [-0.4, -0.2) is 4.57 Å². The van der Waals surface area contributed by atoms with Crippen molar-refractivity contribution < 1.29 is 4.42 Å². The minimum Gasteiger partial charge on any atom is -0.456 e. The second-order valence-electron chi connectivity index (χ2n) is 13.6. The molecule has 0 aliphatic heterocycles. The molecule has 11 aromatic rings. The monoisotopic (exact) mass is 692 g/mol. The van der Waals surface area contributed by atoms with Gasteiger partial charge in [0, 0.05) is 32.3 Å². The number of furan rings is 1. The Kier molecular flexibility index (Phi) is 6.48. The van der Waals surface area contributed by atoms with Crippen LogP contribution in [0, 0.1) is 11.3 Å². The van der Waals surface area contributed by atoms with E-state index >= 15 is 0 Å². The Hall–Kier alpha value is -6.93. The minimum atomic E-state index is 0.688. The third-order valence-corrected chi connectivity index (χ3v) is 11.9. The number of nitriles is 1. The molecule has 0 N–H and O–H groups in total. The van der Waals surface area contributed by atoms with E-state index in [1.54, 1.807) is 11.3 Å². The zero-order valence-electron chi connectivity index (χ0n) is 28.4. The van der Waals surface area contributed by atoms with Crippen LogP contribution in [-0.2, 0) is 0 Å². The molecule has 0 fully saturated rings. The molecule has 0 atom stereocenters. The average Bonchev–Trinajstić information content (AvgIpc) is 3.90. The summed E-state index contributed by atoms with van der Waals surface area (Å²) in [5, 5.41) is 17.2. The summed E-state index contributed by atoms with van der Waals surface area (Å²) >= 11 is 1.71. The van der Waals surface area contributed by atoms with Gasteiger partial charge in [-0.3, -0.25) is 0 Å². The maximum absolute atomic E-state index is 10.4. The molecule has 8 aromatic carbocycles. The number of para-hydroxylation sites is 1. The zero-order valence-corrected chi connectivity index (χ0v) is 29.2. The number of hydrogen-bond acceptors (Lipinski definition) is 3. The van der Waals surface area contributed by atoms with Crippen molar-refractivity contribution in [1.29, 1.82) is 5.26 Å². The molecular weight excluding hydrogens is 665 g/mol. The fourth-order valence-electron chi connectivity index (χ4n) is 8.19. The van der Waals surface area contributed by atoms with Gasteiger partial charge >= 0.3 is 0 Å². The van der Waals surface area contributed by atoms with E-state index < -0.39 is 0 Å². The van der Waals surface area contributed by atoms with E-state index in [1.165, 1.54) is 33.0 Å². The van der Waals surface area contributed by atoms with Gasteiger partial charge in [-0.2, -0.15) is 5.26 Å². The topological polar surface area (TPSA) is 41.9 Å². The van der Waals surface area contributed by atoms with Crippen molar-refractivity contribution in [2.45, 2.75) is 0 Å². The molecule has 11 rings (SSSR count). The number of benzene rings is 8. The molecule has 3 aromatic heterocycles. The van der Waals surface area contributed by atoms with Crippen molar-refractivity contribution in [1.82, 2.24) is 4.57 Å². The molecule has 0 unspecified atom stereocenters. The number of aromatic nitrogens is 1. The Balaban J connectivity index is 1.19. The van der Waals surface area contributed by atoms with E-state index in [4.69, 9.17) is 4.42 Å². The van der Waals surface area contributed by atoms with Gasteiger partial charge in [0.05, 0.1) is 31.7 Å². The van der Waals surface area contributed by atoms with Gasteiger partial charge < -0.3 is 8.98 Å². The van der Waals surface area contributed by atoms with E-state index in [0.717, 1.165) is 70.0 Å². The lowest BCUT2D eigenvalue weighted by Crippen LogP contribution is -1.94. The molecule has 0 bridgehead atoms. The summed E-state index contributed by atoms with van der Waals surface area (Å²) in [5.41, 5.74) is 12.8. The van der Waals surface area contributed by atoms with Gasteiger partial charge in [0.1, 0.15) is 17.2 Å². The second-order valence-corrected chi connectivity index (χ2v) is 14.6. The first-order valence-corrected chi connectivity index (χ1v) is 18.5. The van der Waals surface area contributed by atoms with Crippen LogP contribution in [0.4, 0.5) is 0 Å². The lowest BCUT2D eigenvalue weighted by Gasteiger charge is -2.11. The SMILES string of the molecule is N#Cc1ccc(-c2ccc3oc4ccccc4c3c2)c2c1sc1c(-n3c4ccc(-c5ccccc5)cc4c4cc(-c5ccccc5)ccc43)cccc12. The molecule has 0 aliphatic rings. The molecule has 0 amide bonds. The quantitative estimate of drug-likeness (QED) is 0.184. The number of rotatable bonds is 4. The van der Waals surface area contributed by atoms with Gasteiger partial charge in [-0.15, -0.1) is 11.3 Å². The fourth-order valence-corrected chi connectivity index (χ4v) is 9.48. The van der Waals surface area contributed by atoms with Crippen LogP contribution in [0.2, 0.25) is 0 Å². The minimum absolute atomic E-state index is 0.688. The summed E-state index contributed by atoms with van der Waals surface area (Å²) in [6.45, 7) is 0. The number of fused-ring (bicyclic) bond motifs is 9. The van der Waals surface area contributed by atoms with Gasteiger partial charge in [0.2, 0.25) is 0 Å². The van der Waals surface area contributed by atoms with Crippen LogP contribution in [0.5, 0.6) is 0 Å². The summed E-state index contributed by atoms with van der Waals surface area (Å²) in [5.74, 6) is 0. The predicted octanol–water partition coefficient (Wildman–Crippen LogP) is 13.9. The number of thiophene rings is 1. The molecule has 4 heteroatoms. The fraction of sp³-hybridized carbons (Fsp3) is 0. The molecule has 3 heterocycles. The molecule has 246 valence electrons. The van der Waals surface area contributed by atoms with Gasteiger partial charge in [0.25, 0.3) is 0 Å². The van der Waals surface area contributed by atoms with E-state index in [9.17, 15) is 5.26 Å². The second kappa shape index (κ2) is 11.5. The lowest BCUT2D eigenvalue weighted by atomic mass is 9.96. The molecule has 0 saturated carbocycles. The van der Waals surface area contributed by atoms with Crippen molar-refractivity contribution in [2.75, 3.05) is 0 Å². The maximum atomic E-state index is 10.4. The predicted molar refractivity (Wildman–Crippen MR) is 222 cm³/mol. The zero-order chi connectivity index (χ0) is 35.0. The first-order valence-electron chi connectivity index (χ1n) is 17.7. The van der Waals surface area contributed by atoms with E-state index in [2.05, 4.69) is 162 Å². The standard InChI is InChI=1S/C49H28N2OS/c50-29-35-18-22-36(34-21-25-46-41(28-34)37-14-7-8-17-45(37)52-46)47-38-15-9-16-44(49(38)53-48(35)47)51-42-23-19-32(30-10-3-1-4-11-30)26-39(42)40-27-33(20-24-43(40)51)31-12-5-2-6-13-31/h1-28H. The van der Waals surface area contributed by atoms with Crippen LogP contribution >= 0.6 is 11.3 Å². The van der Waals surface area contributed by atoms with Crippen LogP contribution in [0.1, 0.15) is 5.56 Å².